The smallest absolute Gasteiger partial charge is 0.327 e. The van der Waals surface area contributed by atoms with Crippen molar-refractivity contribution in [1.82, 2.24) is 14.9 Å². The van der Waals surface area contributed by atoms with Crippen LogP contribution in [0, 0.1) is 5.92 Å². The number of nitrogens with one attached hydrogen (secondary N) is 1. The second-order valence-corrected chi connectivity index (χ2v) is 4.48. The molecule has 1 aliphatic carbocycles. The molecular formula is C12H19N3O. The number of hydrogen-bond donors (Lipinski definition) is 1. The molecule has 0 aromatic carbocycles. The van der Waals surface area contributed by atoms with Crippen LogP contribution in [0.15, 0.2) is 18.7 Å². The molecule has 0 bridgehead atoms. The van der Waals surface area contributed by atoms with Crippen molar-refractivity contribution >= 4 is 6.03 Å². The Hall–Kier alpha value is -1.32. The van der Waals surface area contributed by atoms with E-state index in [2.05, 4.69) is 17.2 Å². The van der Waals surface area contributed by atoms with Gasteiger partial charge in [-0.15, -0.1) is 0 Å². The summed E-state index contributed by atoms with van der Waals surface area (Å²) in [4.78, 5) is 15.7. The lowest BCUT2D eigenvalue weighted by Gasteiger charge is -2.31. The Morgan fingerprint density at radius 3 is 3.00 bits per heavy atom. The predicted molar refractivity (Wildman–Crippen MR) is 62.2 cm³/mol. The van der Waals surface area contributed by atoms with E-state index in [-0.39, 0.29) is 6.03 Å². The van der Waals surface area contributed by atoms with E-state index < -0.39 is 0 Å². The molecule has 16 heavy (non-hydrogen) atoms. The Labute approximate surface area is 96.1 Å². The van der Waals surface area contributed by atoms with Crippen LogP contribution in [0.5, 0.6) is 0 Å². The number of hydrogen-bond acceptors (Lipinski definition) is 2. The third kappa shape index (κ3) is 2.43. The van der Waals surface area contributed by atoms with Crippen LogP contribution in [0.4, 0.5) is 4.79 Å². The Bertz CT molecular complexity index is 334. The van der Waals surface area contributed by atoms with Gasteiger partial charge < -0.3 is 5.32 Å². The van der Waals surface area contributed by atoms with Crippen LogP contribution in [0.2, 0.25) is 0 Å². The molecule has 1 heterocycles. The molecule has 0 spiro atoms. The molecule has 88 valence electrons. The van der Waals surface area contributed by atoms with E-state index in [0.29, 0.717) is 12.0 Å². The van der Waals surface area contributed by atoms with Crippen LogP contribution < -0.4 is 5.32 Å². The van der Waals surface area contributed by atoms with E-state index in [0.717, 1.165) is 12.8 Å². The zero-order valence-corrected chi connectivity index (χ0v) is 9.72. The Morgan fingerprint density at radius 1 is 1.50 bits per heavy atom. The van der Waals surface area contributed by atoms with Crippen LogP contribution >= 0.6 is 0 Å². The maximum Gasteiger partial charge on any atom is 0.327 e. The summed E-state index contributed by atoms with van der Waals surface area (Å²) in [5, 5.41) is 3.11. The average Bonchev–Trinajstić information content (AvgIpc) is 2.83. The molecule has 0 saturated heterocycles. The first-order chi connectivity index (χ1) is 7.81. The molecule has 1 aromatic heterocycles. The molecule has 2 rings (SSSR count). The number of carbonyl (C=O) groups is 1. The van der Waals surface area contributed by atoms with E-state index in [9.17, 15) is 4.79 Å². The van der Waals surface area contributed by atoms with Gasteiger partial charge in [-0.1, -0.05) is 26.2 Å². The lowest BCUT2D eigenvalue weighted by atomic mass is 9.83. The van der Waals surface area contributed by atoms with Crippen LogP contribution in [0.25, 0.3) is 0 Å². The summed E-state index contributed by atoms with van der Waals surface area (Å²) in [6, 6.07) is 0.288. The molecule has 0 radical (unpaired) electrons. The number of imidazole rings is 1. The lowest BCUT2D eigenvalue weighted by molar-refractivity contribution is 0.217. The van der Waals surface area contributed by atoms with Crippen molar-refractivity contribution in [3.63, 3.8) is 0 Å². The molecule has 1 aliphatic rings. The highest BCUT2D eigenvalue weighted by molar-refractivity contribution is 5.76. The Kier molecular flexibility index (Phi) is 3.59. The molecule has 1 N–H and O–H groups in total. The monoisotopic (exact) mass is 221 g/mol. The van der Waals surface area contributed by atoms with Gasteiger partial charge in [0, 0.05) is 18.4 Å². The van der Waals surface area contributed by atoms with E-state index in [1.165, 1.54) is 23.8 Å². The largest absolute Gasteiger partial charge is 0.334 e. The quantitative estimate of drug-likeness (QED) is 0.833. The molecule has 2 atom stereocenters. The van der Waals surface area contributed by atoms with Gasteiger partial charge in [0.25, 0.3) is 0 Å². The molecular weight excluding hydrogens is 202 g/mol. The summed E-state index contributed by atoms with van der Waals surface area (Å²) in [6.07, 6.45) is 10.9. The second-order valence-electron chi connectivity index (χ2n) is 4.48. The first-order valence-electron chi connectivity index (χ1n) is 6.10. The van der Waals surface area contributed by atoms with E-state index in [1.807, 2.05) is 0 Å². The normalized spacial score (nSPS) is 25.3. The average molecular weight is 221 g/mol. The van der Waals surface area contributed by atoms with Crippen LogP contribution in [-0.4, -0.2) is 21.6 Å². The predicted octanol–water partition coefficient (Wildman–Crippen LogP) is 2.41. The first-order valence-corrected chi connectivity index (χ1v) is 6.10. The summed E-state index contributed by atoms with van der Waals surface area (Å²) in [5.74, 6) is 0.640. The number of carbonyl (C=O) groups excluding carboxylic acids is 1. The summed E-state index contributed by atoms with van der Waals surface area (Å²) in [6.45, 7) is 2.20. The lowest BCUT2D eigenvalue weighted by Crippen LogP contribution is -2.43. The number of nitrogens with zero attached hydrogens (tertiary/aromatic N) is 2. The molecule has 4 heteroatoms. The zero-order valence-electron chi connectivity index (χ0n) is 9.72. The molecule has 1 saturated carbocycles. The number of aromatic nitrogens is 2. The van der Waals surface area contributed by atoms with Gasteiger partial charge in [0.05, 0.1) is 0 Å². The minimum Gasteiger partial charge on any atom is -0.334 e. The number of rotatable bonds is 2. The fourth-order valence-corrected chi connectivity index (χ4v) is 2.50. The van der Waals surface area contributed by atoms with Gasteiger partial charge in [0.1, 0.15) is 6.33 Å². The van der Waals surface area contributed by atoms with Gasteiger partial charge in [-0.2, -0.15) is 0 Å². The van der Waals surface area contributed by atoms with Crippen LogP contribution in [0.1, 0.15) is 39.0 Å². The fraction of sp³-hybridized carbons (Fsp3) is 0.667. The minimum absolute atomic E-state index is 0.0529. The molecule has 4 nitrogen and oxygen atoms in total. The maximum absolute atomic E-state index is 11.8. The topological polar surface area (TPSA) is 46.9 Å². The van der Waals surface area contributed by atoms with Gasteiger partial charge in [-0.3, -0.25) is 4.57 Å². The van der Waals surface area contributed by atoms with Gasteiger partial charge in [0.2, 0.25) is 0 Å². The van der Waals surface area contributed by atoms with Gasteiger partial charge in [0.15, 0.2) is 0 Å². The Balaban J connectivity index is 1.95. The SMILES string of the molecule is CCC1CCCCC1NC(=O)n1ccnc1. The Morgan fingerprint density at radius 2 is 2.31 bits per heavy atom. The van der Waals surface area contributed by atoms with E-state index >= 15 is 0 Å². The van der Waals surface area contributed by atoms with Gasteiger partial charge in [-0.05, 0) is 18.8 Å². The molecule has 1 fully saturated rings. The van der Waals surface area contributed by atoms with Crippen molar-refractivity contribution in [3.8, 4) is 0 Å². The molecule has 0 aliphatic heterocycles. The van der Waals surface area contributed by atoms with Crippen molar-refractivity contribution in [2.24, 2.45) is 5.92 Å². The highest BCUT2D eigenvalue weighted by Crippen LogP contribution is 2.26. The minimum atomic E-state index is -0.0529. The molecule has 1 aromatic rings. The highest BCUT2D eigenvalue weighted by Gasteiger charge is 2.25. The first kappa shape index (κ1) is 11.2. The van der Waals surface area contributed by atoms with Gasteiger partial charge >= 0.3 is 6.03 Å². The van der Waals surface area contributed by atoms with Crippen molar-refractivity contribution in [3.05, 3.63) is 18.7 Å². The van der Waals surface area contributed by atoms with E-state index in [4.69, 9.17) is 0 Å². The standard InChI is InChI=1S/C12H19N3O/c1-2-10-5-3-4-6-11(10)14-12(16)15-8-7-13-9-15/h7-11H,2-6H2,1H3,(H,14,16). The third-order valence-electron chi connectivity index (χ3n) is 3.48. The van der Waals surface area contributed by atoms with Crippen molar-refractivity contribution in [2.75, 3.05) is 0 Å². The van der Waals surface area contributed by atoms with Gasteiger partial charge in [-0.25, -0.2) is 9.78 Å². The number of amides is 1. The van der Waals surface area contributed by atoms with Crippen molar-refractivity contribution in [1.29, 1.82) is 0 Å². The van der Waals surface area contributed by atoms with Crippen molar-refractivity contribution in [2.45, 2.75) is 45.1 Å². The van der Waals surface area contributed by atoms with Crippen LogP contribution in [-0.2, 0) is 0 Å². The summed E-state index contributed by atoms with van der Waals surface area (Å²) < 4.78 is 1.50. The van der Waals surface area contributed by atoms with Crippen LogP contribution in [0.3, 0.4) is 0 Å². The second kappa shape index (κ2) is 5.14. The summed E-state index contributed by atoms with van der Waals surface area (Å²) >= 11 is 0. The fourth-order valence-electron chi connectivity index (χ4n) is 2.50. The third-order valence-corrected chi connectivity index (χ3v) is 3.48. The van der Waals surface area contributed by atoms with E-state index in [1.54, 1.807) is 18.7 Å². The summed E-state index contributed by atoms with van der Waals surface area (Å²) in [7, 11) is 0. The zero-order chi connectivity index (χ0) is 11.4. The molecule has 2 unspecified atom stereocenters. The maximum atomic E-state index is 11.8. The van der Waals surface area contributed by atoms with Crippen molar-refractivity contribution < 1.29 is 4.79 Å². The highest BCUT2D eigenvalue weighted by atomic mass is 16.2. The molecule has 1 amide bonds. The summed E-state index contributed by atoms with van der Waals surface area (Å²) in [5.41, 5.74) is 0.